The SMILES string of the molecule is CNC(Cc1ccc(F)c(F)c1)C1CC2CCC1C2. The highest BCUT2D eigenvalue weighted by molar-refractivity contribution is 5.19. The van der Waals surface area contributed by atoms with Crippen LogP contribution >= 0.6 is 0 Å². The van der Waals surface area contributed by atoms with Gasteiger partial charge in [0.15, 0.2) is 11.6 Å². The Morgan fingerprint density at radius 1 is 1.21 bits per heavy atom. The van der Waals surface area contributed by atoms with Crippen LogP contribution in [0.2, 0.25) is 0 Å². The highest BCUT2D eigenvalue weighted by Crippen LogP contribution is 2.49. The van der Waals surface area contributed by atoms with Gasteiger partial charge in [-0.05, 0) is 68.2 Å². The summed E-state index contributed by atoms with van der Waals surface area (Å²) in [7, 11) is 1.98. The number of rotatable bonds is 4. The van der Waals surface area contributed by atoms with Crippen molar-refractivity contribution in [1.29, 1.82) is 0 Å². The average Bonchev–Trinajstić information content (AvgIpc) is 3.02. The normalized spacial score (nSPS) is 30.8. The molecule has 1 nitrogen and oxygen atoms in total. The molecule has 0 aliphatic heterocycles. The Bertz CT molecular complexity index is 460. The predicted molar refractivity (Wildman–Crippen MR) is 71.8 cm³/mol. The molecular formula is C16H21F2N. The molecule has 3 heteroatoms. The van der Waals surface area contributed by atoms with Crippen LogP contribution in [-0.4, -0.2) is 13.1 Å². The average molecular weight is 265 g/mol. The molecule has 4 unspecified atom stereocenters. The van der Waals surface area contributed by atoms with E-state index in [4.69, 9.17) is 0 Å². The maximum atomic E-state index is 13.3. The topological polar surface area (TPSA) is 12.0 Å². The lowest BCUT2D eigenvalue weighted by molar-refractivity contribution is 0.255. The summed E-state index contributed by atoms with van der Waals surface area (Å²) in [6.07, 6.45) is 6.22. The van der Waals surface area contributed by atoms with Crippen LogP contribution in [0.4, 0.5) is 8.78 Å². The van der Waals surface area contributed by atoms with Gasteiger partial charge in [0.25, 0.3) is 0 Å². The van der Waals surface area contributed by atoms with E-state index >= 15 is 0 Å². The summed E-state index contributed by atoms with van der Waals surface area (Å²) in [5.74, 6) is 0.963. The van der Waals surface area contributed by atoms with E-state index < -0.39 is 11.6 Å². The third-order valence-electron chi connectivity index (χ3n) is 5.12. The van der Waals surface area contributed by atoms with Crippen LogP contribution < -0.4 is 5.32 Å². The van der Waals surface area contributed by atoms with Crippen LogP contribution in [0.15, 0.2) is 18.2 Å². The molecule has 2 aliphatic rings. The van der Waals surface area contributed by atoms with Gasteiger partial charge in [0, 0.05) is 6.04 Å². The Hall–Kier alpha value is -0.960. The summed E-state index contributed by atoms with van der Waals surface area (Å²) in [5, 5.41) is 3.40. The zero-order valence-corrected chi connectivity index (χ0v) is 11.3. The molecule has 3 rings (SSSR count). The predicted octanol–water partition coefficient (Wildman–Crippen LogP) is 3.53. The zero-order chi connectivity index (χ0) is 13.4. The molecule has 4 atom stereocenters. The van der Waals surface area contributed by atoms with Gasteiger partial charge in [-0.2, -0.15) is 0 Å². The first-order valence-electron chi connectivity index (χ1n) is 7.28. The van der Waals surface area contributed by atoms with Gasteiger partial charge in [-0.3, -0.25) is 0 Å². The lowest BCUT2D eigenvalue weighted by Crippen LogP contribution is -2.38. The smallest absolute Gasteiger partial charge is 0.159 e. The van der Waals surface area contributed by atoms with Crippen LogP contribution in [0.25, 0.3) is 0 Å². The van der Waals surface area contributed by atoms with Gasteiger partial charge in [-0.25, -0.2) is 8.78 Å². The summed E-state index contributed by atoms with van der Waals surface area (Å²) in [5.41, 5.74) is 0.890. The maximum absolute atomic E-state index is 13.3. The molecule has 2 fully saturated rings. The summed E-state index contributed by atoms with van der Waals surface area (Å²) in [6, 6.07) is 4.67. The van der Waals surface area contributed by atoms with Gasteiger partial charge in [0.2, 0.25) is 0 Å². The van der Waals surface area contributed by atoms with Gasteiger partial charge >= 0.3 is 0 Å². The molecule has 2 saturated carbocycles. The first-order valence-corrected chi connectivity index (χ1v) is 7.28. The summed E-state index contributed by atoms with van der Waals surface area (Å²) >= 11 is 0. The molecule has 1 N–H and O–H groups in total. The fraction of sp³-hybridized carbons (Fsp3) is 0.625. The van der Waals surface area contributed by atoms with E-state index in [9.17, 15) is 8.78 Å². The number of halogens is 2. The van der Waals surface area contributed by atoms with E-state index in [1.807, 2.05) is 7.05 Å². The Labute approximate surface area is 113 Å². The number of nitrogens with one attached hydrogen (secondary N) is 1. The minimum Gasteiger partial charge on any atom is -0.316 e. The second-order valence-corrected chi connectivity index (χ2v) is 6.19. The molecule has 2 bridgehead atoms. The zero-order valence-electron chi connectivity index (χ0n) is 11.3. The molecule has 0 radical (unpaired) electrons. The lowest BCUT2D eigenvalue weighted by Gasteiger charge is -2.30. The monoisotopic (exact) mass is 265 g/mol. The van der Waals surface area contributed by atoms with Crippen LogP contribution in [0.5, 0.6) is 0 Å². The van der Waals surface area contributed by atoms with Crippen molar-refractivity contribution >= 4 is 0 Å². The molecule has 1 aromatic carbocycles. The summed E-state index contributed by atoms with van der Waals surface area (Å²) in [4.78, 5) is 0. The van der Waals surface area contributed by atoms with Crippen molar-refractivity contribution in [2.45, 2.75) is 38.1 Å². The van der Waals surface area contributed by atoms with E-state index in [0.717, 1.165) is 23.8 Å². The molecule has 0 aromatic heterocycles. The molecule has 0 spiro atoms. The van der Waals surface area contributed by atoms with E-state index in [1.54, 1.807) is 6.07 Å². The molecule has 0 saturated heterocycles. The minimum atomic E-state index is -0.760. The van der Waals surface area contributed by atoms with Gasteiger partial charge in [-0.1, -0.05) is 12.5 Å². The molecule has 0 heterocycles. The standard InChI is InChI=1S/C16H21F2N/c1-19-16(13-7-10-2-4-12(13)6-10)9-11-3-5-14(17)15(18)8-11/h3,5,8,10,12-13,16,19H,2,4,6-7,9H2,1H3. The number of benzene rings is 1. The number of likely N-dealkylation sites (N-methyl/N-ethyl adjacent to an activating group) is 1. The highest BCUT2D eigenvalue weighted by atomic mass is 19.2. The minimum absolute atomic E-state index is 0.389. The first kappa shape index (κ1) is 13.0. The summed E-state index contributed by atoms with van der Waals surface area (Å²) < 4.78 is 26.2. The molecule has 0 amide bonds. The Morgan fingerprint density at radius 3 is 2.63 bits per heavy atom. The number of hydrogen-bond donors (Lipinski definition) is 1. The fourth-order valence-corrected chi connectivity index (χ4v) is 4.17. The van der Waals surface area contributed by atoms with Gasteiger partial charge in [-0.15, -0.1) is 0 Å². The lowest BCUT2D eigenvalue weighted by atomic mass is 9.81. The van der Waals surface area contributed by atoms with Crippen molar-refractivity contribution in [2.75, 3.05) is 7.05 Å². The van der Waals surface area contributed by atoms with Crippen LogP contribution in [0.1, 0.15) is 31.2 Å². The van der Waals surface area contributed by atoms with E-state index in [-0.39, 0.29) is 0 Å². The summed E-state index contributed by atoms with van der Waals surface area (Å²) in [6.45, 7) is 0. The van der Waals surface area contributed by atoms with Crippen molar-refractivity contribution < 1.29 is 8.78 Å². The van der Waals surface area contributed by atoms with E-state index in [1.165, 1.54) is 37.8 Å². The Kier molecular flexibility index (Phi) is 3.57. The van der Waals surface area contributed by atoms with Crippen molar-refractivity contribution in [3.63, 3.8) is 0 Å². The Morgan fingerprint density at radius 2 is 2.05 bits per heavy atom. The third-order valence-corrected chi connectivity index (χ3v) is 5.12. The molecule has 1 aromatic rings. The molecule has 19 heavy (non-hydrogen) atoms. The van der Waals surface area contributed by atoms with Crippen LogP contribution in [0.3, 0.4) is 0 Å². The molecular weight excluding hydrogens is 244 g/mol. The first-order chi connectivity index (χ1) is 9.17. The van der Waals surface area contributed by atoms with Gasteiger partial charge in [0.05, 0.1) is 0 Å². The molecule has 104 valence electrons. The quantitative estimate of drug-likeness (QED) is 0.878. The maximum Gasteiger partial charge on any atom is 0.159 e. The van der Waals surface area contributed by atoms with E-state index in [2.05, 4.69) is 5.32 Å². The van der Waals surface area contributed by atoms with Gasteiger partial charge < -0.3 is 5.32 Å². The van der Waals surface area contributed by atoms with Crippen LogP contribution in [-0.2, 0) is 6.42 Å². The van der Waals surface area contributed by atoms with Crippen molar-refractivity contribution in [2.24, 2.45) is 17.8 Å². The number of hydrogen-bond acceptors (Lipinski definition) is 1. The van der Waals surface area contributed by atoms with Crippen molar-refractivity contribution in [3.8, 4) is 0 Å². The van der Waals surface area contributed by atoms with E-state index in [0.29, 0.717) is 12.0 Å². The third kappa shape index (κ3) is 2.53. The van der Waals surface area contributed by atoms with Crippen molar-refractivity contribution in [3.05, 3.63) is 35.4 Å². The largest absolute Gasteiger partial charge is 0.316 e. The van der Waals surface area contributed by atoms with Crippen LogP contribution in [0, 0.1) is 29.4 Å². The van der Waals surface area contributed by atoms with Gasteiger partial charge in [0.1, 0.15) is 0 Å². The second kappa shape index (κ2) is 5.20. The second-order valence-electron chi connectivity index (χ2n) is 6.19. The molecule has 2 aliphatic carbocycles. The fourth-order valence-electron chi connectivity index (χ4n) is 4.17. The number of fused-ring (bicyclic) bond motifs is 2. The van der Waals surface area contributed by atoms with Crippen molar-refractivity contribution in [1.82, 2.24) is 5.32 Å². The highest BCUT2D eigenvalue weighted by Gasteiger charge is 2.42. The Balaban J connectivity index is 1.71.